The average molecular weight is 354 g/mol. The maximum Gasteiger partial charge on any atom is 0.272 e. The van der Waals surface area contributed by atoms with Gasteiger partial charge < -0.3 is 10.6 Å². The molecule has 7 heteroatoms. The summed E-state index contributed by atoms with van der Waals surface area (Å²) in [5.74, 6) is -1.53. The molecule has 0 radical (unpaired) electrons. The number of aryl methyl sites for hydroxylation is 1. The lowest BCUT2D eigenvalue weighted by Gasteiger charge is -2.07. The molecule has 132 valence electrons. The molecule has 0 unspecified atom stereocenters. The topological polar surface area (TPSA) is 66.9 Å². The van der Waals surface area contributed by atoms with E-state index in [4.69, 9.17) is 0 Å². The molecule has 0 saturated heterocycles. The van der Waals surface area contributed by atoms with Crippen LogP contribution in [-0.2, 0) is 6.54 Å². The first-order valence-corrected chi connectivity index (χ1v) is 7.91. The van der Waals surface area contributed by atoms with Crippen molar-refractivity contribution in [2.45, 2.75) is 13.5 Å². The van der Waals surface area contributed by atoms with Crippen LogP contribution >= 0.6 is 0 Å². The molecule has 3 aromatic rings. The van der Waals surface area contributed by atoms with E-state index < -0.39 is 11.6 Å². The van der Waals surface area contributed by atoms with Crippen LogP contribution in [0.3, 0.4) is 0 Å². The number of benzene rings is 2. The van der Waals surface area contributed by atoms with E-state index >= 15 is 0 Å². The molecular weight excluding hydrogens is 338 g/mol. The molecule has 2 aromatic carbocycles. The minimum absolute atomic E-state index is 0.0669. The zero-order chi connectivity index (χ0) is 18.5. The van der Waals surface area contributed by atoms with Gasteiger partial charge in [0.15, 0.2) is 11.5 Å². The fourth-order valence-electron chi connectivity index (χ4n) is 2.23. The predicted octanol–water partition coefficient (Wildman–Crippen LogP) is 3.74. The lowest BCUT2D eigenvalue weighted by Crippen LogP contribution is -2.24. The standard InChI is InChI=1S/C19H16F2N4O/c1-12-2-4-13(5-3-12)11-22-19(26)17-8-9-18(25-24-17)23-16-7-6-14(20)10-15(16)21/h2-10H,11H2,1H3,(H,22,26)(H,23,25). The van der Waals surface area contributed by atoms with Gasteiger partial charge in [-0.25, -0.2) is 8.78 Å². The van der Waals surface area contributed by atoms with Crippen LogP contribution in [0.25, 0.3) is 0 Å². The molecule has 3 rings (SSSR count). The smallest absolute Gasteiger partial charge is 0.272 e. The van der Waals surface area contributed by atoms with Crippen molar-refractivity contribution in [3.8, 4) is 0 Å². The van der Waals surface area contributed by atoms with Crippen molar-refractivity contribution in [1.29, 1.82) is 0 Å². The summed E-state index contributed by atoms with van der Waals surface area (Å²) in [5, 5.41) is 13.1. The summed E-state index contributed by atoms with van der Waals surface area (Å²) in [6.07, 6.45) is 0. The second-order valence-electron chi connectivity index (χ2n) is 5.72. The Labute approximate surface area is 149 Å². The first kappa shape index (κ1) is 17.5. The molecule has 1 amide bonds. The third kappa shape index (κ3) is 4.38. The molecule has 0 atom stereocenters. The maximum atomic E-state index is 13.6. The number of carbonyl (C=O) groups excluding carboxylic acids is 1. The molecule has 0 aliphatic rings. The Hall–Kier alpha value is -3.35. The van der Waals surface area contributed by atoms with Crippen LogP contribution < -0.4 is 10.6 Å². The number of hydrogen-bond donors (Lipinski definition) is 2. The van der Waals surface area contributed by atoms with Crippen LogP contribution in [0.1, 0.15) is 21.6 Å². The third-order valence-corrected chi connectivity index (χ3v) is 3.66. The van der Waals surface area contributed by atoms with Crippen molar-refractivity contribution in [2.24, 2.45) is 0 Å². The monoisotopic (exact) mass is 354 g/mol. The summed E-state index contributed by atoms with van der Waals surface area (Å²) in [5.41, 5.74) is 2.33. The summed E-state index contributed by atoms with van der Waals surface area (Å²) < 4.78 is 26.5. The number of carbonyl (C=O) groups is 1. The van der Waals surface area contributed by atoms with E-state index in [0.717, 1.165) is 23.3 Å². The van der Waals surface area contributed by atoms with Gasteiger partial charge in [-0.2, -0.15) is 0 Å². The molecule has 0 aliphatic heterocycles. The maximum absolute atomic E-state index is 13.6. The van der Waals surface area contributed by atoms with Crippen LogP contribution in [-0.4, -0.2) is 16.1 Å². The second-order valence-corrected chi connectivity index (χ2v) is 5.72. The number of anilines is 2. The number of halogens is 2. The Kier molecular flexibility index (Phi) is 5.17. The van der Waals surface area contributed by atoms with Crippen LogP contribution in [0.5, 0.6) is 0 Å². The molecule has 0 fully saturated rings. The summed E-state index contributed by atoms with van der Waals surface area (Å²) in [6.45, 7) is 2.37. The molecule has 26 heavy (non-hydrogen) atoms. The van der Waals surface area contributed by atoms with Gasteiger partial charge in [0.2, 0.25) is 0 Å². The van der Waals surface area contributed by atoms with Gasteiger partial charge in [0, 0.05) is 12.6 Å². The van der Waals surface area contributed by atoms with E-state index in [2.05, 4.69) is 20.8 Å². The summed E-state index contributed by atoms with van der Waals surface area (Å²) in [7, 11) is 0. The minimum atomic E-state index is -0.744. The van der Waals surface area contributed by atoms with Gasteiger partial charge in [-0.1, -0.05) is 29.8 Å². The Balaban J connectivity index is 1.61. The van der Waals surface area contributed by atoms with Gasteiger partial charge in [0.05, 0.1) is 5.69 Å². The first-order chi connectivity index (χ1) is 12.5. The third-order valence-electron chi connectivity index (χ3n) is 3.66. The Bertz CT molecular complexity index is 912. The van der Waals surface area contributed by atoms with E-state index in [9.17, 15) is 13.6 Å². The summed E-state index contributed by atoms with van der Waals surface area (Å²) in [4.78, 5) is 12.1. The summed E-state index contributed by atoms with van der Waals surface area (Å²) in [6, 6.07) is 13.9. The number of nitrogens with zero attached hydrogens (tertiary/aromatic N) is 2. The highest BCUT2D eigenvalue weighted by molar-refractivity contribution is 5.92. The highest BCUT2D eigenvalue weighted by Gasteiger charge is 2.09. The Morgan fingerprint density at radius 1 is 1.00 bits per heavy atom. The van der Waals surface area contributed by atoms with Crippen molar-refractivity contribution < 1.29 is 13.6 Å². The normalized spacial score (nSPS) is 10.4. The van der Waals surface area contributed by atoms with Crippen molar-refractivity contribution in [3.63, 3.8) is 0 Å². The van der Waals surface area contributed by atoms with Gasteiger partial charge >= 0.3 is 0 Å². The zero-order valence-corrected chi connectivity index (χ0v) is 14.0. The second kappa shape index (κ2) is 7.69. The molecule has 0 spiro atoms. The van der Waals surface area contributed by atoms with E-state index in [1.807, 2.05) is 31.2 Å². The van der Waals surface area contributed by atoms with E-state index in [-0.39, 0.29) is 23.1 Å². The van der Waals surface area contributed by atoms with Crippen molar-refractivity contribution >= 4 is 17.4 Å². The van der Waals surface area contributed by atoms with Crippen LogP contribution in [0.15, 0.2) is 54.6 Å². The van der Waals surface area contributed by atoms with Gasteiger partial charge in [0.1, 0.15) is 11.6 Å². The Morgan fingerprint density at radius 2 is 1.77 bits per heavy atom. The van der Waals surface area contributed by atoms with Crippen LogP contribution in [0.4, 0.5) is 20.3 Å². The average Bonchev–Trinajstić information content (AvgIpc) is 2.64. The van der Waals surface area contributed by atoms with Crippen molar-refractivity contribution in [3.05, 3.63) is 83.1 Å². The Morgan fingerprint density at radius 3 is 2.42 bits per heavy atom. The molecule has 5 nitrogen and oxygen atoms in total. The predicted molar refractivity (Wildman–Crippen MR) is 94.0 cm³/mol. The lowest BCUT2D eigenvalue weighted by atomic mass is 10.1. The van der Waals surface area contributed by atoms with E-state index in [1.165, 1.54) is 18.2 Å². The van der Waals surface area contributed by atoms with E-state index in [0.29, 0.717) is 6.54 Å². The lowest BCUT2D eigenvalue weighted by molar-refractivity contribution is 0.0945. The van der Waals surface area contributed by atoms with Crippen LogP contribution in [0.2, 0.25) is 0 Å². The fraction of sp³-hybridized carbons (Fsp3) is 0.105. The zero-order valence-electron chi connectivity index (χ0n) is 14.0. The van der Waals surface area contributed by atoms with Gasteiger partial charge in [-0.3, -0.25) is 4.79 Å². The SMILES string of the molecule is Cc1ccc(CNC(=O)c2ccc(Nc3ccc(F)cc3F)nn2)cc1. The molecule has 1 aromatic heterocycles. The van der Waals surface area contributed by atoms with Gasteiger partial charge in [0.25, 0.3) is 5.91 Å². The number of aromatic nitrogens is 2. The molecule has 2 N–H and O–H groups in total. The fourth-order valence-corrected chi connectivity index (χ4v) is 2.23. The highest BCUT2D eigenvalue weighted by atomic mass is 19.1. The number of hydrogen-bond acceptors (Lipinski definition) is 4. The molecule has 0 saturated carbocycles. The molecular formula is C19H16F2N4O. The van der Waals surface area contributed by atoms with Crippen molar-refractivity contribution in [1.82, 2.24) is 15.5 Å². The number of nitrogens with one attached hydrogen (secondary N) is 2. The highest BCUT2D eigenvalue weighted by Crippen LogP contribution is 2.19. The van der Waals surface area contributed by atoms with Crippen molar-refractivity contribution in [2.75, 3.05) is 5.32 Å². The van der Waals surface area contributed by atoms with E-state index in [1.54, 1.807) is 0 Å². The molecule has 0 aliphatic carbocycles. The van der Waals surface area contributed by atoms with Crippen LogP contribution in [0, 0.1) is 18.6 Å². The quantitative estimate of drug-likeness (QED) is 0.733. The minimum Gasteiger partial charge on any atom is -0.347 e. The van der Waals surface area contributed by atoms with Gasteiger partial charge in [-0.15, -0.1) is 10.2 Å². The molecule has 1 heterocycles. The largest absolute Gasteiger partial charge is 0.347 e. The number of amides is 1. The molecule has 0 bridgehead atoms. The van der Waals surface area contributed by atoms with Gasteiger partial charge in [-0.05, 0) is 36.8 Å². The summed E-state index contributed by atoms with van der Waals surface area (Å²) >= 11 is 0. The number of rotatable bonds is 5. The first-order valence-electron chi connectivity index (χ1n) is 7.91.